The van der Waals surface area contributed by atoms with Crippen LogP contribution in [0, 0.1) is 12.7 Å². The van der Waals surface area contributed by atoms with Crippen LogP contribution in [0.3, 0.4) is 0 Å². The van der Waals surface area contributed by atoms with Crippen LogP contribution in [0.2, 0.25) is 0 Å². The first-order valence-electron chi connectivity index (χ1n) is 10.9. The van der Waals surface area contributed by atoms with Crippen molar-refractivity contribution in [2.45, 2.75) is 57.7 Å². The maximum Gasteiger partial charge on any atom is 0.290 e. The van der Waals surface area contributed by atoms with Gasteiger partial charge in [-0.1, -0.05) is 42.0 Å². The first kappa shape index (κ1) is 22.9. The Balaban J connectivity index is 0.000000858. The van der Waals surface area contributed by atoms with E-state index in [0.29, 0.717) is 18.9 Å². The van der Waals surface area contributed by atoms with Crippen LogP contribution in [0.4, 0.5) is 4.39 Å². The molecule has 1 unspecified atom stereocenters. The summed E-state index contributed by atoms with van der Waals surface area (Å²) in [5.74, 6) is 0.119. The fourth-order valence-electron chi connectivity index (χ4n) is 4.81. The average Bonchev–Trinajstić information content (AvgIpc) is 2.91. The van der Waals surface area contributed by atoms with E-state index in [1.807, 2.05) is 6.07 Å². The van der Waals surface area contributed by atoms with Crippen molar-refractivity contribution < 1.29 is 19.1 Å². The highest BCUT2D eigenvalue weighted by Crippen LogP contribution is 2.40. The molecule has 166 valence electrons. The molecule has 2 fully saturated rings. The Bertz CT molecular complexity index is 887. The lowest BCUT2D eigenvalue weighted by molar-refractivity contribution is -0.132. The van der Waals surface area contributed by atoms with Gasteiger partial charge in [0, 0.05) is 31.6 Å². The summed E-state index contributed by atoms with van der Waals surface area (Å²) in [5.41, 5.74) is 3.46. The molecule has 2 aromatic carbocycles. The maximum atomic E-state index is 13.5. The van der Waals surface area contributed by atoms with E-state index in [9.17, 15) is 9.18 Å². The second-order valence-corrected chi connectivity index (χ2v) is 8.55. The SMILES string of the molecule is Cc1ccc(CN2C(=O)CCC23CCCN(Cc2cccc(F)c2)CC3)cc1.O=CO. The number of benzene rings is 2. The van der Waals surface area contributed by atoms with Crippen LogP contribution < -0.4 is 0 Å². The van der Waals surface area contributed by atoms with Crippen LogP contribution in [-0.2, 0) is 22.7 Å². The van der Waals surface area contributed by atoms with Crippen molar-refractivity contribution in [3.05, 3.63) is 71.0 Å². The third kappa shape index (κ3) is 5.91. The zero-order chi connectivity index (χ0) is 22.3. The fourth-order valence-corrected chi connectivity index (χ4v) is 4.81. The summed E-state index contributed by atoms with van der Waals surface area (Å²) in [6.45, 7) is 5.28. The van der Waals surface area contributed by atoms with E-state index in [1.54, 1.807) is 12.1 Å². The van der Waals surface area contributed by atoms with Crippen molar-refractivity contribution in [1.82, 2.24) is 9.80 Å². The molecule has 6 heteroatoms. The number of aryl methyl sites for hydroxylation is 1. The lowest BCUT2D eigenvalue weighted by Crippen LogP contribution is -2.45. The molecule has 4 rings (SSSR count). The molecule has 2 aliphatic rings. The maximum absolute atomic E-state index is 13.5. The molecule has 0 radical (unpaired) electrons. The number of amides is 1. The van der Waals surface area contributed by atoms with Gasteiger partial charge in [0.15, 0.2) is 0 Å². The molecule has 1 spiro atoms. The first-order valence-corrected chi connectivity index (χ1v) is 10.9. The van der Waals surface area contributed by atoms with Crippen LogP contribution in [0.25, 0.3) is 0 Å². The van der Waals surface area contributed by atoms with Crippen LogP contribution in [0.1, 0.15) is 48.8 Å². The highest BCUT2D eigenvalue weighted by molar-refractivity contribution is 5.79. The Hall–Kier alpha value is -2.73. The number of nitrogens with zero attached hydrogens (tertiary/aromatic N) is 2. The Labute approximate surface area is 183 Å². The molecule has 0 bridgehead atoms. The topological polar surface area (TPSA) is 60.9 Å². The molecule has 2 aromatic rings. The molecule has 1 N–H and O–H groups in total. The van der Waals surface area contributed by atoms with Crippen molar-refractivity contribution in [2.24, 2.45) is 0 Å². The lowest BCUT2D eigenvalue weighted by atomic mass is 9.87. The van der Waals surface area contributed by atoms with E-state index >= 15 is 0 Å². The Kier molecular flexibility index (Phi) is 7.80. The summed E-state index contributed by atoms with van der Waals surface area (Å²) < 4.78 is 13.5. The second-order valence-electron chi connectivity index (χ2n) is 8.55. The van der Waals surface area contributed by atoms with Crippen molar-refractivity contribution in [2.75, 3.05) is 13.1 Å². The summed E-state index contributed by atoms with van der Waals surface area (Å²) in [6.07, 6.45) is 4.76. The van der Waals surface area contributed by atoms with E-state index < -0.39 is 0 Å². The van der Waals surface area contributed by atoms with E-state index in [0.717, 1.165) is 50.9 Å². The number of hydrogen-bond acceptors (Lipinski definition) is 3. The summed E-state index contributed by atoms with van der Waals surface area (Å²) in [4.78, 5) is 25.6. The summed E-state index contributed by atoms with van der Waals surface area (Å²) >= 11 is 0. The molecule has 2 heterocycles. The van der Waals surface area contributed by atoms with Gasteiger partial charge < -0.3 is 10.0 Å². The third-order valence-electron chi connectivity index (χ3n) is 6.44. The Morgan fingerprint density at radius 3 is 2.48 bits per heavy atom. The fraction of sp³-hybridized carbons (Fsp3) is 0.440. The molecule has 0 aromatic heterocycles. The van der Waals surface area contributed by atoms with Crippen molar-refractivity contribution >= 4 is 12.4 Å². The van der Waals surface area contributed by atoms with Crippen LogP contribution >= 0.6 is 0 Å². The monoisotopic (exact) mass is 426 g/mol. The number of carbonyl (C=O) groups excluding carboxylic acids is 1. The number of likely N-dealkylation sites (tertiary alicyclic amines) is 2. The van der Waals surface area contributed by atoms with Gasteiger partial charge in [0.1, 0.15) is 5.82 Å². The predicted octanol–water partition coefficient (Wildman–Crippen LogP) is 4.38. The molecule has 2 saturated heterocycles. The van der Waals surface area contributed by atoms with Gasteiger partial charge in [-0.15, -0.1) is 0 Å². The Morgan fingerprint density at radius 2 is 1.77 bits per heavy atom. The summed E-state index contributed by atoms with van der Waals surface area (Å²) in [7, 11) is 0. The van der Waals surface area contributed by atoms with Crippen LogP contribution in [0.5, 0.6) is 0 Å². The minimum Gasteiger partial charge on any atom is -0.483 e. The van der Waals surface area contributed by atoms with Crippen LogP contribution in [0.15, 0.2) is 48.5 Å². The molecule has 0 saturated carbocycles. The molecule has 31 heavy (non-hydrogen) atoms. The van der Waals surface area contributed by atoms with Gasteiger partial charge in [0.25, 0.3) is 6.47 Å². The zero-order valence-electron chi connectivity index (χ0n) is 18.1. The van der Waals surface area contributed by atoms with Gasteiger partial charge in [0.05, 0.1) is 0 Å². The van der Waals surface area contributed by atoms with E-state index in [4.69, 9.17) is 9.90 Å². The number of halogens is 1. The summed E-state index contributed by atoms with van der Waals surface area (Å²) in [5, 5.41) is 6.89. The molecule has 0 aliphatic carbocycles. The standard InChI is InChI=1S/C24H29FN2O.CH2O2/c1-19-6-8-20(9-7-19)18-27-23(28)10-12-24(27)11-3-14-26(15-13-24)17-21-4-2-5-22(25)16-21;2-1-3/h2,4-9,16H,3,10-15,17-18H2,1H3;1H,(H,2,3). The van der Waals surface area contributed by atoms with Gasteiger partial charge >= 0.3 is 0 Å². The smallest absolute Gasteiger partial charge is 0.290 e. The number of carbonyl (C=O) groups is 2. The van der Waals surface area contributed by atoms with Gasteiger partial charge in [-0.05, 0) is 62.4 Å². The Morgan fingerprint density at radius 1 is 1.03 bits per heavy atom. The molecule has 5 nitrogen and oxygen atoms in total. The molecule has 1 atom stereocenters. The van der Waals surface area contributed by atoms with Crippen LogP contribution in [-0.4, -0.2) is 45.9 Å². The normalized spacial score (nSPS) is 21.5. The second kappa shape index (κ2) is 10.5. The highest BCUT2D eigenvalue weighted by Gasteiger charge is 2.45. The quantitative estimate of drug-likeness (QED) is 0.737. The van der Waals surface area contributed by atoms with E-state index in [1.165, 1.54) is 17.2 Å². The average molecular weight is 427 g/mol. The molecule has 2 aliphatic heterocycles. The van der Waals surface area contributed by atoms with Crippen molar-refractivity contribution in [1.29, 1.82) is 0 Å². The molecular weight excluding hydrogens is 395 g/mol. The largest absolute Gasteiger partial charge is 0.483 e. The van der Waals surface area contributed by atoms with Gasteiger partial charge in [0.2, 0.25) is 5.91 Å². The highest BCUT2D eigenvalue weighted by atomic mass is 19.1. The summed E-state index contributed by atoms with van der Waals surface area (Å²) in [6, 6.07) is 15.4. The van der Waals surface area contributed by atoms with E-state index in [-0.39, 0.29) is 17.8 Å². The van der Waals surface area contributed by atoms with E-state index in [2.05, 4.69) is 41.0 Å². The predicted molar refractivity (Wildman–Crippen MR) is 118 cm³/mol. The zero-order valence-corrected chi connectivity index (χ0v) is 18.1. The minimum absolute atomic E-state index is 0.0152. The number of rotatable bonds is 4. The molecule has 1 amide bonds. The lowest BCUT2D eigenvalue weighted by Gasteiger charge is -2.38. The van der Waals surface area contributed by atoms with Gasteiger partial charge in [-0.25, -0.2) is 4.39 Å². The van der Waals surface area contributed by atoms with Crippen molar-refractivity contribution in [3.8, 4) is 0 Å². The van der Waals surface area contributed by atoms with Crippen molar-refractivity contribution in [3.63, 3.8) is 0 Å². The first-order chi connectivity index (χ1) is 15.0. The van der Waals surface area contributed by atoms with Gasteiger partial charge in [-0.3, -0.25) is 14.5 Å². The minimum atomic E-state index is -0.250. The third-order valence-corrected chi connectivity index (χ3v) is 6.44. The number of carboxylic acid groups (broad SMARTS) is 1. The number of hydrogen-bond donors (Lipinski definition) is 1. The molecular formula is C25H31FN2O3. The van der Waals surface area contributed by atoms with Gasteiger partial charge in [-0.2, -0.15) is 0 Å².